The molecule has 0 radical (unpaired) electrons. The fourth-order valence-corrected chi connectivity index (χ4v) is 2.22. The molecule has 0 aliphatic heterocycles. The van der Waals surface area contributed by atoms with Crippen LogP contribution < -0.4 is 5.32 Å². The van der Waals surface area contributed by atoms with Gasteiger partial charge < -0.3 is 5.32 Å². The minimum Gasteiger partial charge on any atom is -0.377 e. The quantitative estimate of drug-likeness (QED) is 0.912. The molecule has 0 amide bonds. The first-order valence-corrected chi connectivity index (χ1v) is 7.19. The molecule has 2 rings (SSSR count). The average Bonchev–Trinajstić information content (AvgIpc) is 2.83. The fraction of sp³-hybridized carbons (Fsp3) is 0.357. The van der Waals surface area contributed by atoms with Crippen molar-refractivity contribution >= 4 is 21.6 Å². The molecule has 5 nitrogen and oxygen atoms in total. The monoisotopic (exact) mass is 333 g/mol. The highest BCUT2D eigenvalue weighted by atomic mass is 79.9. The van der Waals surface area contributed by atoms with Crippen LogP contribution in [0.2, 0.25) is 0 Å². The minimum absolute atomic E-state index is 0.510. The van der Waals surface area contributed by atoms with Crippen molar-refractivity contribution in [1.29, 1.82) is 5.26 Å². The maximum Gasteiger partial charge on any atom is 0.146 e. The third-order valence-corrected chi connectivity index (χ3v) is 3.27. The Morgan fingerprint density at radius 1 is 1.45 bits per heavy atom. The zero-order valence-corrected chi connectivity index (χ0v) is 13.1. The Labute approximate surface area is 126 Å². The Kier molecular flexibility index (Phi) is 4.74. The van der Waals surface area contributed by atoms with E-state index in [0.717, 1.165) is 22.5 Å². The number of anilines is 1. The van der Waals surface area contributed by atoms with Gasteiger partial charge in [-0.15, -0.1) is 0 Å². The Hall–Kier alpha value is -1.87. The van der Waals surface area contributed by atoms with Crippen molar-refractivity contribution in [3.05, 3.63) is 40.4 Å². The molecule has 20 heavy (non-hydrogen) atoms. The van der Waals surface area contributed by atoms with Crippen molar-refractivity contribution in [2.75, 3.05) is 5.32 Å². The molecule has 1 aromatic heterocycles. The molecule has 1 aromatic carbocycles. The van der Waals surface area contributed by atoms with Crippen LogP contribution in [0.1, 0.15) is 25.2 Å². The molecule has 1 heterocycles. The Balaban J connectivity index is 2.11. The van der Waals surface area contributed by atoms with Gasteiger partial charge in [-0.05, 0) is 24.1 Å². The molecule has 1 N–H and O–H groups in total. The van der Waals surface area contributed by atoms with Crippen LogP contribution in [0, 0.1) is 17.2 Å². The van der Waals surface area contributed by atoms with E-state index in [4.69, 9.17) is 5.26 Å². The van der Waals surface area contributed by atoms with Crippen LogP contribution in [0.5, 0.6) is 0 Å². The van der Waals surface area contributed by atoms with Gasteiger partial charge in [-0.3, -0.25) is 0 Å². The lowest BCUT2D eigenvalue weighted by molar-refractivity contribution is 0.468. The topological polar surface area (TPSA) is 66.5 Å². The van der Waals surface area contributed by atoms with E-state index in [9.17, 15) is 0 Å². The fourth-order valence-electron chi connectivity index (χ4n) is 1.86. The number of rotatable bonds is 5. The number of nitriles is 1. The summed E-state index contributed by atoms with van der Waals surface area (Å²) in [5.41, 5.74) is 1.41. The minimum atomic E-state index is 0.510. The van der Waals surface area contributed by atoms with Gasteiger partial charge in [0, 0.05) is 11.0 Å². The zero-order valence-electron chi connectivity index (χ0n) is 11.5. The van der Waals surface area contributed by atoms with E-state index in [1.165, 1.54) is 0 Å². The Morgan fingerprint density at radius 3 is 2.95 bits per heavy atom. The molecule has 0 spiro atoms. The van der Waals surface area contributed by atoms with Gasteiger partial charge in [0.1, 0.15) is 18.2 Å². The molecular formula is C14H16BrN5. The molecule has 0 unspecified atom stereocenters. The summed E-state index contributed by atoms with van der Waals surface area (Å²) < 4.78 is 2.82. The maximum absolute atomic E-state index is 9.10. The second kappa shape index (κ2) is 6.53. The maximum atomic E-state index is 9.10. The van der Waals surface area contributed by atoms with Crippen molar-refractivity contribution < 1.29 is 0 Å². The van der Waals surface area contributed by atoms with Crippen molar-refractivity contribution in [3.63, 3.8) is 0 Å². The van der Waals surface area contributed by atoms with Crippen LogP contribution in [-0.2, 0) is 13.1 Å². The number of benzene rings is 1. The number of hydrogen-bond donors (Lipinski definition) is 1. The molecular weight excluding hydrogens is 318 g/mol. The van der Waals surface area contributed by atoms with Gasteiger partial charge in [-0.25, -0.2) is 9.67 Å². The molecule has 104 valence electrons. The second-order valence-electron chi connectivity index (χ2n) is 4.91. The van der Waals surface area contributed by atoms with Crippen molar-refractivity contribution in [2.45, 2.75) is 26.9 Å². The van der Waals surface area contributed by atoms with E-state index < -0.39 is 0 Å². The Morgan fingerprint density at radius 2 is 2.25 bits per heavy atom. The highest BCUT2D eigenvalue weighted by Crippen LogP contribution is 2.21. The molecule has 6 heteroatoms. The van der Waals surface area contributed by atoms with Gasteiger partial charge in [0.15, 0.2) is 0 Å². The lowest BCUT2D eigenvalue weighted by Gasteiger charge is -2.11. The van der Waals surface area contributed by atoms with Crippen LogP contribution in [0.4, 0.5) is 5.69 Å². The summed E-state index contributed by atoms with van der Waals surface area (Å²) >= 11 is 3.41. The molecule has 0 aliphatic rings. The average molecular weight is 334 g/mol. The third-order valence-electron chi connectivity index (χ3n) is 2.77. The van der Waals surface area contributed by atoms with Gasteiger partial charge in [0.05, 0.1) is 17.8 Å². The first kappa shape index (κ1) is 14.5. The van der Waals surface area contributed by atoms with Crippen LogP contribution in [-0.4, -0.2) is 14.8 Å². The standard InChI is InChI=1S/C14H16BrN5/c1-10(2)8-20-14(18-9-19-20)7-17-13-5-12(15)4-3-11(13)6-16/h3-5,9-10,17H,7-8H2,1-2H3. The normalized spacial score (nSPS) is 10.6. The summed E-state index contributed by atoms with van der Waals surface area (Å²) in [6, 6.07) is 7.70. The largest absolute Gasteiger partial charge is 0.377 e. The molecule has 0 fully saturated rings. The van der Waals surface area contributed by atoms with E-state index in [2.05, 4.69) is 51.2 Å². The van der Waals surface area contributed by atoms with Gasteiger partial charge in [-0.2, -0.15) is 10.4 Å². The highest BCUT2D eigenvalue weighted by Gasteiger charge is 2.08. The smallest absolute Gasteiger partial charge is 0.146 e. The van der Waals surface area contributed by atoms with E-state index in [1.54, 1.807) is 12.4 Å². The molecule has 0 saturated heterocycles. The summed E-state index contributed by atoms with van der Waals surface area (Å²) in [5, 5.41) is 16.6. The second-order valence-corrected chi connectivity index (χ2v) is 5.82. The molecule has 2 aromatic rings. The zero-order chi connectivity index (χ0) is 14.5. The Bertz CT molecular complexity index is 627. The van der Waals surface area contributed by atoms with Crippen molar-refractivity contribution in [1.82, 2.24) is 14.8 Å². The highest BCUT2D eigenvalue weighted by molar-refractivity contribution is 9.10. The molecule has 0 bridgehead atoms. The third kappa shape index (κ3) is 3.58. The SMILES string of the molecule is CC(C)Cn1ncnc1CNc1cc(Br)ccc1C#N. The predicted molar refractivity (Wildman–Crippen MR) is 81.0 cm³/mol. The van der Waals surface area contributed by atoms with Crippen molar-refractivity contribution in [3.8, 4) is 6.07 Å². The van der Waals surface area contributed by atoms with Crippen LogP contribution in [0.15, 0.2) is 29.0 Å². The summed E-state index contributed by atoms with van der Waals surface area (Å²) in [6.07, 6.45) is 1.56. The van der Waals surface area contributed by atoms with Gasteiger partial charge in [0.25, 0.3) is 0 Å². The predicted octanol–water partition coefficient (Wildman–Crippen LogP) is 3.18. The summed E-state index contributed by atoms with van der Waals surface area (Å²) in [5.74, 6) is 1.37. The first-order valence-electron chi connectivity index (χ1n) is 6.40. The number of halogens is 1. The lowest BCUT2D eigenvalue weighted by atomic mass is 10.2. The van der Waals surface area contributed by atoms with Gasteiger partial charge in [-0.1, -0.05) is 29.8 Å². The molecule has 0 atom stereocenters. The number of aromatic nitrogens is 3. The van der Waals surface area contributed by atoms with Crippen LogP contribution in [0.3, 0.4) is 0 Å². The number of nitrogens with one attached hydrogen (secondary N) is 1. The van der Waals surface area contributed by atoms with Crippen molar-refractivity contribution in [2.24, 2.45) is 5.92 Å². The number of nitrogens with zero attached hydrogens (tertiary/aromatic N) is 4. The summed E-state index contributed by atoms with van der Waals surface area (Å²) in [4.78, 5) is 4.26. The summed E-state index contributed by atoms with van der Waals surface area (Å²) in [6.45, 7) is 5.65. The van der Waals surface area contributed by atoms with Crippen LogP contribution in [0.25, 0.3) is 0 Å². The van der Waals surface area contributed by atoms with Gasteiger partial charge >= 0.3 is 0 Å². The lowest BCUT2D eigenvalue weighted by Crippen LogP contribution is -2.13. The molecule has 0 aliphatic carbocycles. The summed E-state index contributed by atoms with van der Waals surface area (Å²) in [7, 11) is 0. The van der Waals surface area contributed by atoms with E-state index in [1.807, 2.05) is 16.8 Å². The van der Waals surface area contributed by atoms with E-state index in [-0.39, 0.29) is 0 Å². The first-order chi connectivity index (χ1) is 9.60. The number of hydrogen-bond acceptors (Lipinski definition) is 4. The van der Waals surface area contributed by atoms with E-state index >= 15 is 0 Å². The molecule has 0 saturated carbocycles. The van der Waals surface area contributed by atoms with Crippen LogP contribution >= 0.6 is 15.9 Å². The van der Waals surface area contributed by atoms with E-state index in [0.29, 0.717) is 18.0 Å². The van der Waals surface area contributed by atoms with Gasteiger partial charge in [0.2, 0.25) is 0 Å².